The zero-order valence-electron chi connectivity index (χ0n) is 45.6. The monoisotopic (exact) mass is 955 g/mol. The first-order valence-corrected chi connectivity index (χ1v) is 30.0. The molecular formula is C62H114O6. The number of allylic oxidation sites excluding steroid dienone is 6. The normalized spacial score (nSPS) is 12.2. The lowest BCUT2D eigenvalue weighted by Gasteiger charge is -2.18. The highest BCUT2D eigenvalue weighted by Crippen LogP contribution is 2.17. The van der Waals surface area contributed by atoms with Crippen molar-refractivity contribution in [2.45, 2.75) is 329 Å². The molecule has 0 spiro atoms. The van der Waals surface area contributed by atoms with Crippen molar-refractivity contribution in [1.82, 2.24) is 0 Å². The lowest BCUT2D eigenvalue weighted by molar-refractivity contribution is -0.167. The second kappa shape index (κ2) is 57.2. The van der Waals surface area contributed by atoms with Crippen molar-refractivity contribution in [2.24, 2.45) is 0 Å². The van der Waals surface area contributed by atoms with Gasteiger partial charge in [-0.2, -0.15) is 0 Å². The maximum atomic E-state index is 12.8. The fourth-order valence-corrected chi connectivity index (χ4v) is 8.82. The van der Waals surface area contributed by atoms with Gasteiger partial charge in [0.2, 0.25) is 0 Å². The summed E-state index contributed by atoms with van der Waals surface area (Å²) in [4.78, 5) is 37.8. The topological polar surface area (TPSA) is 78.9 Å². The van der Waals surface area contributed by atoms with E-state index in [2.05, 4.69) is 57.2 Å². The average Bonchev–Trinajstić information content (AvgIpc) is 3.34. The summed E-state index contributed by atoms with van der Waals surface area (Å²) < 4.78 is 16.7. The molecule has 1 unspecified atom stereocenters. The minimum absolute atomic E-state index is 0.0727. The number of carbonyl (C=O) groups is 3. The largest absolute Gasteiger partial charge is 0.462 e. The number of rotatable bonds is 55. The van der Waals surface area contributed by atoms with Crippen LogP contribution in [0.4, 0.5) is 0 Å². The third kappa shape index (κ3) is 54.6. The smallest absolute Gasteiger partial charge is 0.306 e. The lowest BCUT2D eigenvalue weighted by atomic mass is 10.0. The minimum atomic E-state index is -0.771. The van der Waals surface area contributed by atoms with Crippen molar-refractivity contribution < 1.29 is 28.6 Å². The van der Waals surface area contributed by atoms with Crippen LogP contribution in [0.25, 0.3) is 0 Å². The molecule has 0 aromatic rings. The van der Waals surface area contributed by atoms with E-state index < -0.39 is 6.10 Å². The van der Waals surface area contributed by atoms with Gasteiger partial charge in [-0.1, -0.05) is 263 Å². The summed E-state index contributed by atoms with van der Waals surface area (Å²) in [6, 6.07) is 0. The van der Waals surface area contributed by atoms with Crippen LogP contribution in [0.5, 0.6) is 0 Å². The first-order valence-electron chi connectivity index (χ1n) is 30.0. The van der Waals surface area contributed by atoms with E-state index in [0.29, 0.717) is 19.3 Å². The van der Waals surface area contributed by atoms with E-state index in [9.17, 15) is 14.4 Å². The van der Waals surface area contributed by atoms with Gasteiger partial charge in [0.25, 0.3) is 0 Å². The van der Waals surface area contributed by atoms with Gasteiger partial charge in [0.15, 0.2) is 6.10 Å². The Morgan fingerprint density at radius 2 is 0.529 bits per heavy atom. The zero-order valence-corrected chi connectivity index (χ0v) is 45.6. The van der Waals surface area contributed by atoms with Gasteiger partial charge >= 0.3 is 17.9 Å². The molecule has 0 saturated carbocycles. The summed E-state index contributed by atoms with van der Waals surface area (Å²) in [5, 5.41) is 0. The number of ether oxygens (including phenoxy) is 3. The van der Waals surface area contributed by atoms with Gasteiger partial charge in [0.1, 0.15) is 13.2 Å². The number of hydrogen-bond acceptors (Lipinski definition) is 6. The number of esters is 3. The van der Waals surface area contributed by atoms with Crippen LogP contribution in [0.2, 0.25) is 0 Å². The van der Waals surface area contributed by atoms with Gasteiger partial charge in [0.05, 0.1) is 0 Å². The Morgan fingerprint density at radius 3 is 0.838 bits per heavy atom. The average molecular weight is 956 g/mol. The van der Waals surface area contributed by atoms with Crippen LogP contribution in [-0.2, 0) is 28.6 Å². The number of unbranched alkanes of at least 4 members (excludes halogenated alkanes) is 38. The number of carbonyl (C=O) groups excluding carboxylic acids is 3. The summed E-state index contributed by atoms with van der Waals surface area (Å²) in [6.45, 7) is 6.57. The summed E-state index contributed by atoms with van der Waals surface area (Å²) in [6.07, 6.45) is 69.1. The molecule has 0 aliphatic rings. The highest BCUT2D eigenvalue weighted by atomic mass is 16.6. The van der Waals surface area contributed by atoms with E-state index in [-0.39, 0.29) is 31.1 Å². The Labute approximate surface area is 423 Å². The third-order valence-electron chi connectivity index (χ3n) is 13.4. The SMILES string of the molecule is CCCCCC/C=C\C/C=C\CCCCCCCCCC(=O)OC(COC(=O)CCCCCCC)COC(=O)CCCCCCCCCCCCCCCCC/C=C\CCCCCCCCCC. The molecule has 0 fully saturated rings. The summed E-state index contributed by atoms with van der Waals surface area (Å²) in [5.41, 5.74) is 0. The van der Waals surface area contributed by atoms with Crippen molar-refractivity contribution >= 4 is 17.9 Å². The van der Waals surface area contributed by atoms with Gasteiger partial charge < -0.3 is 14.2 Å². The highest BCUT2D eigenvalue weighted by molar-refractivity contribution is 5.71. The second-order valence-electron chi connectivity index (χ2n) is 20.3. The van der Waals surface area contributed by atoms with Crippen molar-refractivity contribution in [3.63, 3.8) is 0 Å². The fourth-order valence-electron chi connectivity index (χ4n) is 8.82. The molecule has 0 amide bonds. The predicted octanol–water partition coefficient (Wildman–Crippen LogP) is 20.0. The van der Waals surface area contributed by atoms with Gasteiger partial charge in [-0.25, -0.2) is 0 Å². The van der Waals surface area contributed by atoms with E-state index in [1.165, 1.54) is 205 Å². The van der Waals surface area contributed by atoms with Crippen LogP contribution >= 0.6 is 0 Å². The summed E-state index contributed by atoms with van der Waals surface area (Å²) in [7, 11) is 0. The van der Waals surface area contributed by atoms with Gasteiger partial charge in [-0.3, -0.25) is 14.4 Å². The second-order valence-corrected chi connectivity index (χ2v) is 20.3. The maximum Gasteiger partial charge on any atom is 0.306 e. The van der Waals surface area contributed by atoms with Crippen LogP contribution in [0.3, 0.4) is 0 Å². The van der Waals surface area contributed by atoms with E-state index in [0.717, 1.165) is 77.0 Å². The molecule has 68 heavy (non-hydrogen) atoms. The highest BCUT2D eigenvalue weighted by Gasteiger charge is 2.19. The molecule has 0 bridgehead atoms. The van der Waals surface area contributed by atoms with Crippen LogP contribution in [0, 0.1) is 0 Å². The molecule has 0 radical (unpaired) electrons. The Morgan fingerprint density at radius 1 is 0.294 bits per heavy atom. The number of hydrogen-bond donors (Lipinski definition) is 0. The van der Waals surface area contributed by atoms with Crippen molar-refractivity contribution in [3.05, 3.63) is 36.5 Å². The first kappa shape index (κ1) is 65.6. The molecule has 0 N–H and O–H groups in total. The first-order chi connectivity index (χ1) is 33.5. The van der Waals surface area contributed by atoms with Crippen molar-refractivity contribution in [3.8, 4) is 0 Å². The molecule has 398 valence electrons. The van der Waals surface area contributed by atoms with E-state index >= 15 is 0 Å². The lowest BCUT2D eigenvalue weighted by Crippen LogP contribution is -2.30. The molecule has 1 atom stereocenters. The third-order valence-corrected chi connectivity index (χ3v) is 13.4. The molecule has 0 aromatic carbocycles. The fraction of sp³-hybridized carbons (Fsp3) is 0.855. The van der Waals surface area contributed by atoms with Gasteiger partial charge in [-0.15, -0.1) is 0 Å². The quantitative estimate of drug-likeness (QED) is 0.0262. The summed E-state index contributed by atoms with van der Waals surface area (Å²) in [5.74, 6) is -0.880. The standard InChI is InChI=1S/C62H114O6/c1-4-7-10-13-15-17-19-21-23-25-27-28-29-30-31-32-33-34-35-37-38-40-42-44-46-49-52-55-61(64)67-58-59(57-66-60(63)54-51-48-12-9-6-3)68-62(65)56-53-50-47-45-43-41-39-36-26-24-22-20-18-16-14-11-8-5-2/h18,20,24-27,59H,4-17,19,21-23,28-58H2,1-3H3/b20-18-,26-24-,27-25-. The van der Waals surface area contributed by atoms with Gasteiger partial charge in [0, 0.05) is 19.3 Å². The molecule has 6 nitrogen and oxygen atoms in total. The summed E-state index contributed by atoms with van der Waals surface area (Å²) >= 11 is 0. The minimum Gasteiger partial charge on any atom is -0.462 e. The molecule has 0 aromatic heterocycles. The van der Waals surface area contributed by atoms with Crippen LogP contribution < -0.4 is 0 Å². The van der Waals surface area contributed by atoms with E-state index in [1.54, 1.807) is 0 Å². The zero-order chi connectivity index (χ0) is 49.3. The Hall–Kier alpha value is -2.37. The molecule has 0 aliphatic carbocycles. The molecule has 0 rings (SSSR count). The molecule has 0 saturated heterocycles. The molecule has 6 heteroatoms. The Bertz CT molecular complexity index is 1140. The van der Waals surface area contributed by atoms with Gasteiger partial charge in [-0.05, 0) is 77.0 Å². The predicted molar refractivity (Wildman–Crippen MR) is 293 cm³/mol. The van der Waals surface area contributed by atoms with Crippen molar-refractivity contribution in [2.75, 3.05) is 13.2 Å². The van der Waals surface area contributed by atoms with Crippen molar-refractivity contribution in [1.29, 1.82) is 0 Å². The van der Waals surface area contributed by atoms with Crippen LogP contribution in [0.15, 0.2) is 36.5 Å². The van der Waals surface area contributed by atoms with E-state index in [4.69, 9.17) is 14.2 Å². The molecule has 0 aliphatic heterocycles. The van der Waals surface area contributed by atoms with Crippen LogP contribution in [-0.4, -0.2) is 37.2 Å². The molecular weight excluding hydrogens is 841 g/mol. The Kier molecular flexibility index (Phi) is 55.2. The Balaban J connectivity index is 4.01. The molecule has 0 heterocycles. The van der Waals surface area contributed by atoms with Crippen LogP contribution in [0.1, 0.15) is 323 Å². The maximum absolute atomic E-state index is 12.8. The van der Waals surface area contributed by atoms with E-state index in [1.807, 2.05) is 0 Å².